The number of hydrogen-bond donors (Lipinski definition) is 0. The van der Waals surface area contributed by atoms with Crippen molar-refractivity contribution in [3.05, 3.63) is 151 Å². The number of para-hydroxylation sites is 1. The number of rotatable bonds is 3. The summed E-state index contributed by atoms with van der Waals surface area (Å²) in [5.74, 6) is 0.874. The first kappa shape index (κ1) is 26.6. The molecule has 1 aliphatic heterocycles. The van der Waals surface area contributed by atoms with Crippen LogP contribution in [0.2, 0.25) is 0 Å². The minimum Gasteiger partial charge on any atom is -0.308 e. The molecule has 1 unspecified atom stereocenters. The van der Waals surface area contributed by atoms with Crippen LogP contribution in [0.3, 0.4) is 0 Å². The third-order valence-corrected chi connectivity index (χ3v) is 12.5. The first-order valence-corrected chi connectivity index (χ1v) is 17.0. The smallest absolute Gasteiger partial charge is 0.175 e. The van der Waals surface area contributed by atoms with Crippen molar-refractivity contribution in [1.29, 1.82) is 5.26 Å². The van der Waals surface area contributed by atoms with Crippen LogP contribution in [0.1, 0.15) is 11.4 Å². The number of nitriles is 1. The van der Waals surface area contributed by atoms with Gasteiger partial charge < -0.3 is 4.57 Å². The van der Waals surface area contributed by atoms with Crippen LogP contribution in [0, 0.1) is 18.3 Å². The lowest BCUT2D eigenvalue weighted by atomic mass is 9.86. The summed E-state index contributed by atoms with van der Waals surface area (Å²) in [5, 5.41) is 16.4. The second-order valence-corrected chi connectivity index (χ2v) is 14.5. The SMILES string of the molecule is Cc1nc2cccc3c2n1-c1ccc(-c2c4ccccc4c(-c4ccc(C#N)cc4)c4ccccc24)cc1P3(=O)c1ccccc1. The fraction of sp³-hybridized carbons (Fsp3) is 0.0244. The molecule has 0 saturated carbocycles. The monoisotopic (exact) mass is 607 g/mol. The topological polar surface area (TPSA) is 58.7 Å². The molecule has 2 heterocycles. The van der Waals surface area contributed by atoms with Gasteiger partial charge in [-0.2, -0.15) is 5.26 Å². The van der Waals surface area contributed by atoms with E-state index in [0.717, 1.165) is 82.3 Å². The Morgan fingerprint density at radius 3 is 1.85 bits per heavy atom. The van der Waals surface area contributed by atoms with Crippen molar-refractivity contribution < 1.29 is 4.57 Å². The van der Waals surface area contributed by atoms with Gasteiger partial charge in [-0.25, -0.2) is 4.98 Å². The van der Waals surface area contributed by atoms with E-state index in [4.69, 9.17) is 4.98 Å². The summed E-state index contributed by atoms with van der Waals surface area (Å²) in [7, 11) is -3.27. The predicted molar refractivity (Wildman–Crippen MR) is 189 cm³/mol. The van der Waals surface area contributed by atoms with Crippen molar-refractivity contribution in [2.45, 2.75) is 6.92 Å². The van der Waals surface area contributed by atoms with Crippen molar-refractivity contribution in [2.24, 2.45) is 0 Å². The van der Waals surface area contributed by atoms with Crippen molar-refractivity contribution in [3.63, 3.8) is 0 Å². The first-order valence-electron chi connectivity index (χ1n) is 15.3. The summed E-state index contributed by atoms with van der Waals surface area (Å²) in [5.41, 5.74) is 7.66. The van der Waals surface area contributed by atoms with E-state index in [1.54, 1.807) is 0 Å². The molecule has 0 amide bonds. The van der Waals surface area contributed by atoms with Gasteiger partial charge in [-0.15, -0.1) is 0 Å². The van der Waals surface area contributed by atoms with Crippen molar-refractivity contribution in [3.8, 4) is 34.0 Å². The van der Waals surface area contributed by atoms with Crippen LogP contribution in [-0.4, -0.2) is 9.55 Å². The van der Waals surface area contributed by atoms with E-state index in [0.29, 0.717) is 5.56 Å². The Morgan fingerprint density at radius 2 is 1.22 bits per heavy atom. The maximum absolute atomic E-state index is 15.8. The molecule has 216 valence electrons. The van der Waals surface area contributed by atoms with Gasteiger partial charge in [0.05, 0.1) is 28.4 Å². The molecular formula is C41H26N3OP. The fourth-order valence-electron chi connectivity index (χ4n) is 7.40. The van der Waals surface area contributed by atoms with Gasteiger partial charge in [-0.3, -0.25) is 4.57 Å². The van der Waals surface area contributed by atoms with Gasteiger partial charge in [-0.1, -0.05) is 103 Å². The van der Waals surface area contributed by atoms with Crippen LogP contribution in [0.5, 0.6) is 0 Å². The van der Waals surface area contributed by atoms with Gasteiger partial charge in [0.2, 0.25) is 0 Å². The molecule has 1 aliphatic rings. The van der Waals surface area contributed by atoms with Crippen molar-refractivity contribution in [2.75, 3.05) is 0 Å². The van der Waals surface area contributed by atoms with E-state index in [1.807, 2.05) is 79.7 Å². The predicted octanol–water partition coefficient (Wildman–Crippen LogP) is 8.80. The quantitative estimate of drug-likeness (QED) is 0.149. The van der Waals surface area contributed by atoms with Crippen LogP contribution in [0.4, 0.5) is 0 Å². The van der Waals surface area contributed by atoms with Gasteiger partial charge in [0.25, 0.3) is 0 Å². The van der Waals surface area contributed by atoms with Crippen LogP contribution in [-0.2, 0) is 4.57 Å². The minimum atomic E-state index is -3.27. The molecule has 1 aromatic heterocycles. The van der Waals surface area contributed by atoms with Gasteiger partial charge in [-0.05, 0) is 87.1 Å². The van der Waals surface area contributed by atoms with Crippen LogP contribution in [0.15, 0.2) is 140 Å². The fourth-order valence-corrected chi connectivity index (χ4v) is 10.4. The number of imidazole rings is 1. The second kappa shape index (κ2) is 9.88. The normalized spacial score (nSPS) is 15.2. The summed E-state index contributed by atoms with van der Waals surface area (Å²) in [6.07, 6.45) is 0. The molecule has 4 nitrogen and oxygen atoms in total. The summed E-state index contributed by atoms with van der Waals surface area (Å²) in [4.78, 5) is 4.88. The van der Waals surface area contributed by atoms with Gasteiger partial charge in [0, 0.05) is 15.9 Å². The van der Waals surface area contributed by atoms with E-state index in [-0.39, 0.29) is 0 Å². The summed E-state index contributed by atoms with van der Waals surface area (Å²) in [6, 6.07) is 49.5. The minimum absolute atomic E-state index is 0.637. The average Bonchev–Trinajstić information content (AvgIpc) is 3.46. The highest BCUT2D eigenvalue weighted by Gasteiger charge is 2.39. The highest BCUT2D eigenvalue weighted by atomic mass is 31.2. The number of aromatic nitrogens is 2. The third kappa shape index (κ3) is 3.61. The second-order valence-electron chi connectivity index (χ2n) is 11.8. The van der Waals surface area contributed by atoms with Gasteiger partial charge >= 0.3 is 0 Å². The zero-order chi connectivity index (χ0) is 31.0. The van der Waals surface area contributed by atoms with Crippen LogP contribution < -0.4 is 15.9 Å². The summed E-state index contributed by atoms with van der Waals surface area (Å²) >= 11 is 0. The average molecular weight is 608 g/mol. The molecule has 8 aromatic rings. The molecular weight excluding hydrogens is 581 g/mol. The number of aryl methyl sites for hydroxylation is 1. The standard InChI is InChI=1S/C41H26N3OP/c1-26-43-35-16-9-17-37-41(35)44(26)36-23-22-29(24-38(36)46(37,45)30-10-3-2-4-11-30)40-33-14-7-5-12-31(33)39(32-13-6-8-15-34(32)40)28-20-18-27(25-42)19-21-28/h2-24H,1H3. The highest BCUT2D eigenvalue weighted by molar-refractivity contribution is 7.86. The zero-order valence-electron chi connectivity index (χ0n) is 25.0. The Morgan fingerprint density at radius 1 is 0.630 bits per heavy atom. The molecule has 1 atom stereocenters. The van der Waals surface area contributed by atoms with E-state index < -0.39 is 7.14 Å². The van der Waals surface area contributed by atoms with E-state index in [9.17, 15) is 5.26 Å². The molecule has 0 bridgehead atoms. The molecule has 0 aliphatic carbocycles. The first-order chi connectivity index (χ1) is 22.6. The Labute approximate surface area is 266 Å². The molecule has 9 rings (SSSR count). The molecule has 0 spiro atoms. The third-order valence-electron chi connectivity index (χ3n) is 9.36. The Balaban J connectivity index is 1.39. The molecule has 0 fully saturated rings. The lowest BCUT2D eigenvalue weighted by Gasteiger charge is -2.29. The zero-order valence-corrected chi connectivity index (χ0v) is 25.9. The van der Waals surface area contributed by atoms with Crippen molar-refractivity contribution >= 4 is 55.6 Å². The molecule has 5 heteroatoms. The lowest BCUT2D eigenvalue weighted by molar-refractivity contribution is 0.592. The van der Waals surface area contributed by atoms with Gasteiger partial charge in [0.15, 0.2) is 7.14 Å². The van der Waals surface area contributed by atoms with E-state index in [1.165, 1.54) is 0 Å². The molecule has 46 heavy (non-hydrogen) atoms. The number of fused-ring (bicyclic) bond motifs is 4. The maximum atomic E-state index is 15.8. The highest BCUT2D eigenvalue weighted by Crippen LogP contribution is 2.51. The number of benzene rings is 7. The molecule has 0 N–H and O–H groups in total. The van der Waals surface area contributed by atoms with Crippen LogP contribution in [0.25, 0.3) is 60.5 Å². The van der Waals surface area contributed by atoms with Crippen LogP contribution >= 0.6 is 7.14 Å². The maximum Gasteiger partial charge on any atom is 0.175 e. The number of hydrogen-bond acceptors (Lipinski definition) is 3. The largest absolute Gasteiger partial charge is 0.308 e. The van der Waals surface area contributed by atoms with Gasteiger partial charge in [0.1, 0.15) is 5.82 Å². The Hall–Kier alpha value is -5.75. The molecule has 7 aromatic carbocycles. The van der Waals surface area contributed by atoms with E-state index >= 15 is 4.57 Å². The Bertz CT molecular complexity index is 2570. The lowest BCUT2D eigenvalue weighted by Crippen LogP contribution is -2.33. The molecule has 0 saturated heterocycles. The van der Waals surface area contributed by atoms with E-state index in [2.05, 4.69) is 77.4 Å². The summed E-state index contributed by atoms with van der Waals surface area (Å²) < 4.78 is 18.0. The Kier molecular flexibility index (Phi) is 5.72. The summed E-state index contributed by atoms with van der Waals surface area (Å²) in [6.45, 7) is 2.02. The molecule has 0 radical (unpaired) electrons. The number of nitrogens with zero attached hydrogens (tertiary/aromatic N) is 3. The van der Waals surface area contributed by atoms with Crippen molar-refractivity contribution in [1.82, 2.24) is 9.55 Å².